The van der Waals surface area contributed by atoms with Crippen LogP contribution in [0.4, 0.5) is 0 Å². The lowest BCUT2D eigenvalue weighted by Gasteiger charge is -2.40. The summed E-state index contributed by atoms with van der Waals surface area (Å²) in [5.74, 6) is -1.75. The molecule has 3 fully saturated rings. The molecule has 0 spiro atoms. The van der Waals surface area contributed by atoms with Gasteiger partial charge in [0.15, 0.2) is 6.04 Å². The van der Waals surface area contributed by atoms with E-state index in [-0.39, 0.29) is 21.1 Å². The molecule has 9 nitrogen and oxygen atoms in total. The van der Waals surface area contributed by atoms with Crippen LogP contribution in [0.15, 0.2) is 29.4 Å². The molecule has 4 bridgehead atoms. The predicted molar refractivity (Wildman–Crippen MR) is 94.9 cm³/mol. The molecule has 4 aliphatic heterocycles. The van der Waals surface area contributed by atoms with E-state index in [9.17, 15) is 14.4 Å². The zero-order chi connectivity index (χ0) is 19.1. The third kappa shape index (κ3) is 1.85. The Kier molecular flexibility index (Phi) is 3.10. The Balaban J connectivity index is 1.58. The van der Waals surface area contributed by atoms with Gasteiger partial charge in [-0.25, -0.2) is 4.79 Å². The first-order valence-corrected chi connectivity index (χ1v) is 9.40. The van der Waals surface area contributed by atoms with Gasteiger partial charge in [0, 0.05) is 9.66 Å². The van der Waals surface area contributed by atoms with Crippen molar-refractivity contribution in [1.29, 1.82) is 0 Å². The molecular weight excluding hydrogens is 370 g/mol. The Hall–Kier alpha value is -2.55. The van der Waals surface area contributed by atoms with Crippen LogP contribution in [-0.2, 0) is 9.53 Å². The fraction of sp³-hybridized carbons (Fsp3) is 0.471. The summed E-state index contributed by atoms with van der Waals surface area (Å²) >= 11 is 1.55. The van der Waals surface area contributed by atoms with Crippen LogP contribution in [-0.4, -0.2) is 56.5 Å². The van der Waals surface area contributed by atoms with Gasteiger partial charge in [0.25, 0.3) is 11.8 Å². The zero-order valence-corrected chi connectivity index (χ0v) is 15.3. The Morgan fingerprint density at radius 3 is 2.44 bits per heavy atom. The number of thioether (sulfide) groups is 1. The molecule has 0 unspecified atom stereocenters. The third-order valence-corrected chi connectivity index (χ3v) is 7.51. The number of carbonyl (C=O) groups is 3. The molecule has 2 amide bonds. The van der Waals surface area contributed by atoms with Crippen LogP contribution in [0.2, 0.25) is 0 Å². The number of ether oxygens (including phenoxy) is 1. The topological polar surface area (TPSA) is 124 Å². The molecule has 138 valence electrons. The van der Waals surface area contributed by atoms with Crippen LogP contribution in [0.3, 0.4) is 0 Å². The highest BCUT2D eigenvalue weighted by Gasteiger charge is 2.75. The summed E-state index contributed by atoms with van der Waals surface area (Å²) in [6.07, 6.45) is 0. The normalized spacial score (nSPS) is 37.9. The van der Waals surface area contributed by atoms with Crippen molar-refractivity contribution >= 4 is 29.5 Å². The quantitative estimate of drug-likeness (QED) is 0.270. The van der Waals surface area contributed by atoms with E-state index in [0.717, 1.165) is 4.90 Å². The first-order valence-electron chi connectivity index (χ1n) is 8.52. The number of rotatable bonds is 2. The number of hydrogen-bond donors (Lipinski definition) is 1. The lowest BCUT2D eigenvalue weighted by atomic mass is 9.91. The van der Waals surface area contributed by atoms with Gasteiger partial charge in [0.1, 0.15) is 0 Å². The number of hydrogen-bond acceptors (Lipinski definition) is 7. The molecule has 5 rings (SSSR count). The predicted octanol–water partition coefficient (Wildman–Crippen LogP) is 1.45. The van der Waals surface area contributed by atoms with Gasteiger partial charge in [-0.2, -0.15) is 0 Å². The Labute approximate surface area is 158 Å². The largest absolute Gasteiger partial charge is 0.448 e. The van der Waals surface area contributed by atoms with Crippen LogP contribution in [0.1, 0.15) is 34.6 Å². The smallest absolute Gasteiger partial charge is 0.331 e. The summed E-state index contributed by atoms with van der Waals surface area (Å²) in [6.45, 7) is 3.95. The van der Waals surface area contributed by atoms with Crippen LogP contribution in [0.5, 0.6) is 0 Å². The Bertz CT molecular complexity index is 939. The minimum absolute atomic E-state index is 0.276. The molecule has 4 heterocycles. The molecular formula is C17H15N5O4S. The van der Waals surface area contributed by atoms with Crippen molar-refractivity contribution in [3.63, 3.8) is 0 Å². The summed E-state index contributed by atoms with van der Waals surface area (Å²) in [4.78, 5) is 42.5. The van der Waals surface area contributed by atoms with E-state index in [4.69, 9.17) is 10.3 Å². The molecule has 0 saturated carbocycles. The lowest BCUT2D eigenvalue weighted by molar-refractivity contribution is -0.168. The summed E-state index contributed by atoms with van der Waals surface area (Å²) < 4.78 is 5.32. The van der Waals surface area contributed by atoms with Crippen molar-refractivity contribution in [3.05, 3.63) is 45.8 Å². The van der Waals surface area contributed by atoms with Gasteiger partial charge < -0.3 is 10.1 Å². The molecule has 0 aromatic heterocycles. The second kappa shape index (κ2) is 5.03. The van der Waals surface area contributed by atoms with Crippen LogP contribution in [0, 0.1) is 0 Å². The fourth-order valence-electron chi connectivity index (χ4n) is 4.75. The van der Waals surface area contributed by atoms with Crippen LogP contribution in [0.25, 0.3) is 10.4 Å². The highest BCUT2D eigenvalue weighted by Crippen LogP contribution is 2.59. The number of esters is 1. The number of carbonyl (C=O) groups excluding carboxylic acids is 3. The van der Waals surface area contributed by atoms with Gasteiger partial charge in [0.05, 0.1) is 28.5 Å². The highest BCUT2D eigenvalue weighted by atomic mass is 32.2. The number of benzene rings is 1. The number of fused-ring (bicyclic) bond motifs is 1. The maximum atomic E-state index is 12.9. The minimum Gasteiger partial charge on any atom is -0.448 e. The van der Waals surface area contributed by atoms with E-state index < -0.39 is 41.6 Å². The van der Waals surface area contributed by atoms with Crippen molar-refractivity contribution in [2.45, 2.75) is 47.7 Å². The summed E-state index contributed by atoms with van der Waals surface area (Å²) in [5.41, 5.74) is 8.25. The zero-order valence-electron chi connectivity index (χ0n) is 14.4. The molecule has 27 heavy (non-hydrogen) atoms. The number of azide groups is 1. The number of amides is 2. The molecule has 5 atom stereocenters. The van der Waals surface area contributed by atoms with Crippen molar-refractivity contribution in [1.82, 2.24) is 10.2 Å². The van der Waals surface area contributed by atoms with E-state index in [2.05, 4.69) is 15.3 Å². The maximum Gasteiger partial charge on any atom is 0.331 e. The fourth-order valence-corrected chi connectivity index (χ4v) is 6.55. The van der Waals surface area contributed by atoms with E-state index in [1.54, 1.807) is 36.0 Å². The Morgan fingerprint density at radius 1 is 1.22 bits per heavy atom. The summed E-state index contributed by atoms with van der Waals surface area (Å²) in [7, 11) is 0. The molecule has 1 aromatic carbocycles. The van der Waals surface area contributed by atoms with Gasteiger partial charge >= 0.3 is 5.97 Å². The van der Waals surface area contributed by atoms with Crippen molar-refractivity contribution in [2.75, 3.05) is 0 Å². The van der Waals surface area contributed by atoms with E-state index in [1.807, 2.05) is 13.8 Å². The van der Waals surface area contributed by atoms with Gasteiger partial charge in [-0.1, -0.05) is 12.1 Å². The molecule has 1 N–H and O–H groups in total. The average molecular weight is 385 g/mol. The third-order valence-electron chi connectivity index (χ3n) is 5.78. The minimum atomic E-state index is -1.35. The van der Waals surface area contributed by atoms with Crippen molar-refractivity contribution in [2.24, 2.45) is 5.11 Å². The van der Waals surface area contributed by atoms with E-state index in [0.29, 0.717) is 0 Å². The van der Waals surface area contributed by atoms with E-state index >= 15 is 0 Å². The SMILES string of the molecule is CC1(C)S[C@@H]2[C@@H]3N[C@H]1[C@@]2(N=[N+]=[N-])OC(=O)[C@H]3N1C(=O)c2ccccc2C1=O. The molecule has 4 aliphatic rings. The van der Waals surface area contributed by atoms with Crippen LogP contribution < -0.4 is 5.32 Å². The van der Waals surface area contributed by atoms with Gasteiger partial charge in [-0.15, -0.1) is 11.8 Å². The van der Waals surface area contributed by atoms with Crippen LogP contribution >= 0.6 is 11.8 Å². The first kappa shape index (κ1) is 16.6. The summed E-state index contributed by atoms with van der Waals surface area (Å²) in [6, 6.07) is 4.44. The molecule has 0 aliphatic carbocycles. The standard InChI is InChI=1S/C17H15N5O4S/c1-16(2)15-17(20-21-18)11(27-16)9(19-15)10(14(25)26-17)22-12(23)7-5-3-4-6-8(7)13(22)24/h3-6,9-11,15,19H,1-2H3/t9-,10+,11-,15-,17+/m1/s1. The molecule has 10 heteroatoms. The monoisotopic (exact) mass is 385 g/mol. The molecule has 0 radical (unpaired) electrons. The number of nitrogens with one attached hydrogen (secondary N) is 1. The van der Waals surface area contributed by atoms with Crippen molar-refractivity contribution in [3.8, 4) is 0 Å². The lowest BCUT2D eigenvalue weighted by Crippen LogP contribution is -2.63. The maximum absolute atomic E-state index is 12.9. The number of imide groups is 1. The van der Waals surface area contributed by atoms with Gasteiger partial charge in [-0.3, -0.25) is 14.5 Å². The van der Waals surface area contributed by atoms with Gasteiger partial charge in [0.2, 0.25) is 5.72 Å². The average Bonchev–Trinajstić information content (AvgIpc) is 3.08. The highest BCUT2D eigenvalue weighted by molar-refractivity contribution is 8.01. The molecule has 3 saturated heterocycles. The second-order valence-corrected chi connectivity index (χ2v) is 9.40. The summed E-state index contributed by atoms with van der Waals surface area (Å²) in [5, 5.41) is 6.78. The first-order chi connectivity index (χ1) is 12.8. The van der Waals surface area contributed by atoms with Gasteiger partial charge in [-0.05, 0) is 36.6 Å². The second-order valence-electron chi connectivity index (χ2n) is 7.60. The van der Waals surface area contributed by atoms with Crippen molar-refractivity contribution < 1.29 is 19.1 Å². The molecule has 1 aromatic rings. The Morgan fingerprint density at radius 2 is 1.85 bits per heavy atom. The number of nitrogens with zero attached hydrogens (tertiary/aromatic N) is 4. The van der Waals surface area contributed by atoms with E-state index in [1.165, 1.54) is 0 Å².